The summed E-state index contributed by atoms with van der Waals surface area (Å²) in [4.78, 5) is 61.6. The maximum absolute atomic E-state index is 12.7. The monoisotopic (exact) mass is 463 g/mol. The number of amides is 4. The van der Waals surface area contributed by atoms with Crippen molar-refractivity contribution in [3.63, 3.8) is 0 Å². The van der Waals surface area contributed by atoms with Gasteiger partial charge < -0.3 is 31.7 Å². The summed E-state index contributed by atoms with van der Waals surface area (Å²) >= 11 is 0. The number of unbranched alkanes of at least 4 members (excludes halogenated alkanes) is 1. The first-order chi connectivity index (χ1) is 15.6. The highest BCUT2D eigenvalue weighted by Gasteiger charge is 2.37. The summed E-state index contributed by atoms with van der Waals surface area (Å²) in [5.74, 6) is -3.28. The smallest absolute Gasteiger partial charge is 0.322 e. The molecule has 4 amide bonds. The molecule has 6 N–H and O–H groups in total. The van der Waals surface area contributed by atoms with Crippen molar-refractivity contribution in [3.05, 3.63) is 36.6 Å². The quantitative estimate of drug-likeness (QED) is 0.172. The highest BCUT2D eigenvalue weighted by molar-refractivity contribution is 5.95. The zero-order chi connectivity index (χ0) is 25.0. The van der Waals surface area contributed by atoms with Crippen molar-refractivity contribution in [3.8, 4) is 0 Å². The second-order valence-corrected chi connectivity index (χ2v) is 7.58. The molecule has 1 aliphatic rings. The molecule has 0 spiro atoms. The molecule has 0 aromatic carbocycles. The van der Waals surface area contributed by atoms with Crippen molar-refractivity contribution in [1.29, 1.82) is 0 Å². The lowest BCUT2D eigenvalue weighted by atomic mass is 10.1. The van der Waals surface area contributed by atoms with Crippen LogP contribution in [0.2, 0.25) is 0 Å². The number of likely N-dealkylation sites (tertiary alicyclic amines) is 1. The Morgan fingerprint density at radius 1 is 1.27 bits per heavy atom. The zero-order valence-electron chi connectivity index (χ0n) is 18.9. The predicted molar refractivity (Wildman–Crippen MR) is 121 cm³/mol. The highest BCUT2D eigenvalue weighted by Crippen LogP contribution is 2.21. The van der Waals surface area contributed by atoms with Crippen molar-refractivity contribution < 1.29 is 29.1 Å². The fourth-order valence-corrected chi connectivity index (χ4v) is 3.23. The average Bonchev–Trinajstić information content (AvgIpc) is 3.02. The molecule has 33 heavy (non-hydrogen) atoms. The third-order valence-corrected chi connectivity index (χ3v) is 5.03. The first kappa shape index (κ1) is 27.6. The first-order valence-corrected chi connectivity index (χ1v) is 10.7. The van der Waals surface area contributed by atoms with E-state index in [-0.39, 0.29) is 31.7 Å². The van der Waals surface area contributed by atoms with E-state index in [4.69, 9.17) is 10.8 Å². The van der Waals surface area contributed by atoms with Crippen molar-refractivity contribution in [2.75, 3.05) is 19.6 Å². The fraction of sp³-hybridized carbons (Fsp3) is 0.500. The van der Waals surface area contributed by atoms with E-state index in [1.165, 1.54) is 0 Å². The van der Waals surface area contributed by atoms with Gasteiger partial charge in [-0.05, 0) is 38.3 Å². The number of nitrogens with one attached hydrogen (secondary N) is 3. The second kappa shape index (κ2) is 13.8. The number of carbonyl (C=O) groups excluding carboxylic acids is 4. The van der Waals surface area contributed by atoms with Crippen LogP contribution in [0, 0.1) is 0 Å². The van der Waals surface area contributed by atoms with Crippen LogP contribution in [0.1, 0.15) is 39.0 Å². The Balaban J connectivity index is 2.72. The van der Waals surface area contributed by atoms with Gasteiger partial charge in [0.25, 0.3) is 0 Å². The molecular formula is C22H33N5O6. The summed E-state index contributed by atoms with van der Waals surface area (Å²) in [6, 6.07) is -1.80. The van der Waals surface area contributed by atoms with Gasteiger partial charge in [0.05, 0.1) is 6.42 Å². The lowest BCUT2D eigenvalue weighted by Gasteiger charge is -2.21. The molecular weight excluding hydrogens is 430 g/mol. The summed E-state index contributed by atoms with van der Waals surface area (Å²) < 4.78 is 0. The summed E-state index contributed by atoms with van der Waals surface area (Å²) in [6.45, 7) is 8.66. The van der Waals surface area contributed by atoms with E-state index in [2.05, 4.69) is 29.1 Å². The maximum atomic E-state index is 12.7. The van der Waals surface area contributed by atoms with Crippen molar-refractivity contribution >= 4 is 29.6 Å². The van der Waals surface area contributed by atoms with Crippen molar-refractivity contribution in [1.82, 2.24) is 20.9 Å². The van der Waals surface area contributed by atoms with Crippen LogP contribution in [0.3, 0.4) is 0 Å². The highest BCUT2D eigenvalue weighted by atomic mass is 16.4. The van der Waals surface area contributed by atoms with E-state index >= 15 is 0 Å². The summed E-state index contributed by atoms with van der Waals surface area (Å²) in [5.41, 5.74) is 6.55. The summed E-state index contributed by atoms with van der Waals surface area (Å²) in [6.07, 6.45) is 4.98. The number of rotatable bonds is 14. The molecule has 1 heterocycles. The van der Waals surface area contributed by atoms with Crippen LogP contribution in [0.4, 0.5) is 0 Å². The number of aliphatic carboxylic acids is 1. The molecule has 0 aromatic rings. The normalized spacial score (nSPS) is 16.8. The van der Waals surface area contributed by atoms with Gasteiger partial charge in [-0.3, -0.25) is 24.0 Å². The molecule has 0 unspecified atom stereocenters. The van der Waals surface area contributed by atoms with E-state index in [0.29, 0.717) is 25.1 Å². The zero-order valence-corrected chi connectivity index (χ0v) is 18.9. The van der Waals surface area contributed by atoms with Crippen molar-refractivity contribution in [2.24, 2.45) is 5.73 Å². The molecule has 1 fully saturated rings. The van der Waals surface area contributed by atoms with Crippen LogP contribution in [0.25, 0.3) is 0 Å². The lowest BCUT2D eigenvalue weighted by Crippen LogP contribution is -2.51. The Morgan fingerprint density at radius 2 is 1.97 bits per heavy atom. The number of hydrogen-bond donors (Lipinski definition) is 5. The van der Waals surface area contributed by atoms with Gasteiger partial charge in [0.1, 0.15) is 25.2 Å². The number of carboxylic acids is 1. The minimum atomic E-state index is -1.21. The molecule has 11 nitrogen and oxygen atoms in total. The molecule has 1 saturated heterocycles. The second-order valence-electron chi connectivity index (χ2n) is 7.58. The van der Waals surface area contributed by atoms with E-state index < -0.39 is 42.3 Å². The number of allylic oxidation sites excluding steroid dienone is 2. The van der Waals surface area contributed by atoms with Crippen LogP contribution in [0.15, 0.2) is 36.6 Å². The molecule has 0 saturated carbocycles. The molecule has 182 valence electrons. The molecule has 0 aliphatic carbocycles. The molecule has 0 aromatic heterocycles. The van der Waals surface area contributed by atoms with Gasteiger partial charge in [-0.1, -0.05) is 25.3 Å². The van der Waals surface area contributed by atoms with Crippen LogP contribution in [0.5, 0.6) is 0 Å². The largest absolute Gasteiger partial charge is 0.480 e. The lowest BCUT2D eigenvalue weighted by molar-refractivity contribution is -0.138. The minimum absolute atomic E-state index is 0.0761. The molecule has 1 rings (SSSR count). The molecule has 0 radical (unpaired) electrons. The van der Waals surface area contributed by atoms with Crippen LogP contribution in [-0.4, -0.2) is 71.3 Å². The Bertz CT molecular complexity index is 822. The molecule has 0 bridgehead atoms. The standard InChI is InChI=1S/C22H33N5O6/c1-4-15(5-2)11-18(28)26-17-10-14(3)27(22(17)33)13-19(29)25-16(8-6-7-9-23)21(32)24-12-20(30)31/h4-5,16-17H,1,3,6-13,23H2,2H3,(H,24,32)(H,25,29)(H,26,28)(H,30,31)/b15-5+/t16-,17-/m0/s1. The molecule has 2 atom stereocenters. The number of nitrogens with zero attached hydrogens (tertiary/aromatic N) is 1. The van der Waals surface area contributed by atoms with Crippen molar-refractivity contribution in [2.45, 2.75) is 51.1 Å². The van der Waals surface area contributed by atoms with E-state index in [1.807, 2.05) is 0 Å². The van der Waals surface area contributed by atoms with Gasteiger partial charge in [-0.15, -0.1) is 0 Å². The van der Waals surface area contributed by atoms with Gasteiger partial charge in [-0.25, -0.2) is 0 Å². The van der Waals surface area contributed by atoms with E-state index in [9.17, 15) is 24.0 Å². The fourth-order valence-electron chi connectivity index (χ4n) is 3.23. The number of carboxylic acid groups (broad SMARTS) is 1. The van der Waals surface area contributed by atoms with Crippen LogP contribution >= 0.6 is 0 Å². The Kier molecular flexibility index (Phi) is 11.6. The number of carbonyl (C=O) groups is 5. The topological polar surface area (TPSA) is 171 Å². The number of hydrogen-bond acceptors (Lipinski definition) is 6. The first-order valence-electron chi connectivity index (χ1n) is 10.7. The van der Waals surface area contributed by atoms with Gasteiger partial charge in [0, 0.05) is 12.1 Å². The third-order valence-electron chi connectivity index (χ3n) is 5.03. The average molecular weight is 464 g/mol. The third kappa shape index (κ3) is 9.27. The molecule has 11 heteroatoms. The Hall–Kier alpha value is -3.47. The van der Waals surface area contributed by atoms with Gasteiger partial charge >= 0.3 is 5.97 Å². The van der Waals surface area contributed by atoms with E-state index in [1.54, 1.807) is 19.1 Å². The van der Waals surface area contributed by atoms with Crippen LogP contribution < -0.4 is 21.7 Å². The van der Waals surface area contributed by atoms with Gasteiger partial charge in [0.2, 0.25) is 23.6 Å². The molecule has 1 aliphatic heterocycles. The van der Waals surface area contributed by atoms with E-state index in [0.717, 1.165) is 10.5 Å². The van der Waals surface area contributed by atoms with Gasteiger partial charge in [0.15, 0.2) is 0 Å². The minimum Gasteiger partial charge on any atom is -0.480 e. The van der Waals surface area contributed by atoms with Crippen LogP contribution in [-0.2, 0) is 24.0 Å². The Morgan fingerprint density at radius 3 is 2.55 bits per heavy atom. The summed E-state index contributed by atoms with van der Waals surface area (Å²) in [5, 5.41) is 16.2. The number of nitrogens with two attached hydrogens (primary N) is 1. The van der Waals surface area contributed by atoms with Gasteiger partial charge in [-0.2, -0.15) is 0 Å². The predicted octanol–water partition coefficient (Wildman–Crippen LogP) is -0.446. The maximum Gasteiger partial charge on any atom is 0.322 e. The Labute approximate surface area is 193 Å². The SMILES string of the molecule is C=C/C(=C\C)CC(=O)N[C@H]1CC(=C)N(CC(=O)N[C@@H](CCCCN)C(=O)NCC(=O)O)C1=O. The summed E-state index contributed by atoms with van der Waals surface area (Å²) in [7, 11) is 0.